The van der Waals surface area contributed by atoms with Gasteiger partial charge in [0.1, 0.15) is 11.6 Å². The van der Waals surface area contributed by atoms with Gasteiger partial charge in [0.05, 0.1) is 6.20 Å². The second kappa shape index (κ2) is 7.53. The van der Waals surface area contributed by atoms with Gasteiger partial charge in [0, 0.05) is 17.2 Å². The second-order valence-corrected chi connectivity index (χ2v) is 5.06. The zero-order chi connectivity index (χ0) is 17.6. The number of hydrogen-bond donors (Lipinski definition) is 0. The van der Waals surface area contributed by atoms with Crippen molar-refractivity contribution in [2.75, 3.05) is 0 Å². The molecule has 0 unspecified atom stereocenters. The normalized spacial score (nSPS) is 11.0. The molecule has 1 heterocycles. The zero-order valence-electron chi connectivity index (χ0n) is 13.0. The maximum atomic E-state index is 13.4. The van der Waals surface area contributed by atoms with Gasteiger partial charge in [-0.3, -0.25) is 0 Å². The number of oxazole rings is 1. The van der Waals surface area contributed by atoms with Crippen molar-refractivity contribution in [2.24, 2.45) is 0 Å². The third-order valence-corrected chi connectivity index (χ3v) is 3.34. The fraction of sp³-hybridized carbons (Fsp3) is 0.0526. The van der Waals surface area contributed by atoms with Gasteiger partial charge >= 0.3 is 5.97 Å². The SMILES string of the molecule is O=C(/C=C/c1c(F)cccc1F)OCc1ncc(-c2ccccc2)o1. The Hall–Kier alpha value is -3.28. The largest absolute Gasteiger partial charge is 0.453 e. The number of carbonyl (C=O) groups is 1. The molecule has 0 fully saturated rings. The minimum Gasteiger partial charge on any atom is -0.453 e. The van der Waals surface area contributed by atoms with Gasteiger partial charge in [-0.1, -0.05) is 36.4 Å². The standard InChI is InChI=1S/C19H13F2NO3/c20-15-7-4-8-16(21)14(15)9-10-19(23)24-12-18-22-11-17(25-18)13-5-2-1-3-6-13/h1-11H,12H2/b10-9+. The smallest absolute Gasteiger partial charge is 0.331 e. The number of rotatable bonds is 5. The first-order chi connectivity index (χ1) is 12.1. The van der Waals surface area contributed by atoms with Crippen LogP contribution in [-0.2, 0) is 16.1 Å². The van der Waals surface area contributed by atoms with Crippen molar-refractivity contribution >= 4 is 12.0 Å². The molecule has 0 N–H and O–H groups in total. The van der Waals surface area contributed by atoms with Crippen molar-refractivity contribution in [2.45, 2.75) is 6.61 Å². The minimum atomic E-state index is -0.762. The molecule has 0 bridgehead atoms. The average Bonchev–Trinajstić information content (AvgIpc) is 3.09. The predicted octanol–water partition coefficient (Wildman–Crippen LogP) is 4.38. The summed E-state index contributed by atoms with van der Waals surface area (Å²) in [5.41, 5.74) is 0.546. The Morgan fingerprint density at radius 3 is 2.52 bits per heavy atom. The molecular formula is C19H13F2NO3. The van der Waals surface area contributed by atoms with E-state index in [1.807, 2.05) is 30.3 Å². The van der Waals surface area contributed by atoms with Crippen LogP contribution in [0.15, 0.2) is 65.2 Å². The zero-order valence-corrected chi connectivity index (χ0v) is 13.0. The molecule has 0 radical (unpaired) electrons. The van der Waals surface area contributed by atoms with E-state index >= 15 is 0 Å². The van der Waals surface area contributed by atoms with E-state index < -0.39 is 17.6 Å². The van der Waals surface area contributed by atoms with Crippen molar-refractivity contribution in [1.82, 2.24) is 4.98 Å². The third-order valence-electron chi connectivity index (χ3n) is 3.34. The fourth-order valence-corrected chi connectivity index (χ4v) is 2.12. The molecule has 0 aliphatic heterocycles. The highest BCUT2D eigenvalue weighted by Crippen LogP contribution is 2.20. The van der Waals surface area contributed by atoms with Gasteiger partial charge in [0.2, 0.25) is 5.89 Å². The molecule has 0 spiro atoms. The summed E-state index contributed by atoms with van der Waals surface area (Å²) in [4.78, 5) is 15.7. The van der Waals surface area contributed by atoms with Crippen LogP contribution in [0.3, 0.4) is 0 Å². The van der Waals surface area contributed by atoms with Gasteiger partial charge in [-0.05, 0) is 18.2 Å². The van der Waals surface area contributed by atoms with E-state index in [1.165, 1.54) is 12.3 Å². The highest BCUT2D eigenvalue weighted by molar-refractivity contribution is 5.87. The molecular weight excluding hydrogens is 328 g/mol. The lowest BCUT2D eigenvalue weighted by atomic mass is 10.2. The Morgan fingerprint density at radius 2 is 1.80 bits per heavy atom. The van der Waals surface area contributed by atoms with Crippen molar-refractivity contribution in [3.8, 4) is 11.3 Å². The van der Waals surface area contributed by atoms with Crippen LogP contribution in [0.5, 0.6) is 0 Å². The van der Waals surface area contributed by atoms with Gasteiger partial charge in [-0.2, -0.15) is 0 Å². The number of nitrogens with zero attached hydrogens (tertiary/aromatic N) is 1. The molecule has 1 aromatic heterocycles. The monoisotopic (exact) mass is 341 g/mol. The summed E-state index contributed by atoms with van der Waals surface area (Å²) < 4.78 is 37.3. The summed E-state index contributed by atoms with van der Waals surface area (Å²) in [6, 6.07) is 12.8. The number of ether oxygens (including phenoxy) is 1. The first-order valence-corrected chi connectivity index (χ1v) is 7.42. The van der Waals surface area contributed by atoms with Crippen LogP contribution < -0.4 is 0 Å². The molecule has 2 aromatic carbocycles. The summed E-state index contributed by atoms with van der Waals surface area (Å²) >= 11 is 0. The van der Waals surface area contributed by atoms with Gasteiger partial charge < -0.3 is 9.15 Å². The number of benzene rings is 2. The Labute approximate surface area is 142 Å². The van der Waals surface area contributed by atoms with Gasteiger partial charge in [-0.15, -0.1) is 0 Å². The lowest BCUT2D eigenvalue weighted by Crippen LogP contribution is -2.01. The van der Waals surface area contributed by atoms with E-state index in [0.29, 0.717) is 5.76 Å². The number of esters is 1. The molecule has 25 heavy (non-hydrogen) atoms. The lowest BCUT2D eigenvalue weighted by Gasteiger charge is -2.00. The number of hydrogen-bond acceptors (Lipinski definition) is 4. The van der Waals surface area contributed by atoms with E-state index in [4.69, 9.17) is 9.15 Å². The topological polar surface area (TPSA) is 52.3 Å². The molecule has 0 aliphatic carbocycles. The molecule has 0 amide bonds. The molecule has 0 saturated carbocycles. The van der Waals surface area contributed by atoms with Crippen LogP contribution in [0.4, 0.5) is 8.78 Å². The summed E-state index contributed by atoms with van der Waals surface area (Å²) in [5.74, 6) is -1.51. The fourth-order valence-electron chi connectivity index (χ4n) is 2.12. The third kappa shape index (κ3) is 4.17. The van der Waals surface area contributed by atoms with Crippen LogP contribution in [0.1, 0.15) is 11.5 Å². The van der Waals surface area contributed by atoms with Crippen molar-refractivity contribution in [1.29, 1.82) is 0 Å². The van der Waals surface area contributed by atoms with Gasteiger partial charge in [0.25, 0.3) is 0 Å². The summed E-state index contributed by atoms with van der Waals surface area (Å²) in [5, 5.41) is 0. The van der Waals surface area contributed by atoms with E-state index in [9.17, 15) is 13.6 Å². The van der Waals surface area contributed by atoms with Crippen LogP contribution in [-0.4, -0.2) is 11.0 Å². The highest BCUT2D eigenvalue weighted by atomic mass is 19.1. The molecule has 6 heteroatoms. The minimum absolute atomic E-state index is 0.185. The number of carbonyl (C=O) groups excluding carboxylic acids is 1. The van der Waals surface area contributed by atoms with Crippen LogP contribution >= 0.6 is 0 Å². The summed E-state index contributed by atoms with van der Waals surface area (Å²) in [6.07, 6.45) is 3.50. The lowest BCUT2D eigenvalue weighted by molar-refractivity contribution is -0.139. The molecule has 3 aromatic rings. The van der Waals surface area contributed by atoms with E-state index in [-0.39, 0.29) is 18.1 Å². The van der Waals surface area contributed by atoms with Gasteiger partial charge in [0.15, 0.2) is 12.4 Å². The van der Waals surface area contributed by atoms with Crippen molar-refractivity contribution < 1.29 is 22.7 Å². The van der Waals surface area contributed by atoms with E-state index in [2.05, 4.69) is 4.98 Å². The van der Waals surface area contributed by atoms with Crippen molar-refractivity contribution in [3.63, 3.8) is 0 Å². The quantitative estimate of drug-likeness (QED) is 0.511. The maximum Gasteiger partial charge on any atom is 0.331 e. The maximum absolute atomic E-state index is 13.4. The Kier molecular flexibility index (Phi) is 4.99. The summed E-state index contributed by atoms with van der Waals surface area (Å²) in [7, 11) is 0. The van der Waals surface area contributed by atoms with Crippen LogP contribution in [0, 0.1) is 11.6 Å². The predicted molar refractivity (Wildman–Crippen MR) is 87.1 cm³/mol. The molecule has 4 nitrogen and oxygen atoms in total. The summed E-state index contributed by atoms with van der Waals surface area (Å²) in [6.45, 7) is -0.185. The van der Waals surface area contributed by atoms with Crippen LogP contribution in [0.25, 0.3) is 17.4 Å². The molecule has 0 aliphatic rings. The van der Waals surface area contributed by atoms with E-state index in [0.717, 1.165) is 29.8 Å². The molecule has 126 valence electrons. The molecule has 3 rings (SSSR count). The first-order valence-electron chi connectivity index (χ1n) is 7.42. The molecule has 0 atom stereocenters. The highest BCUT2D eigenvalue weighted by Gasteiger charge is 2.09. The second-order valence-electron chi connectivity index (χ2n) is 5.06. The Balaban J connectivity index is 1.60. The Bertz CT molecular complexity index is 884. The number of halogens is 2. The number of aromatic nitrogens is 1. The van der Waals surface area contributed by atoms with Gasteiger partial charge in [-0.25, -0.2) is 18.6 Å². The Morgan fingerprint density at radius 1 is 1.08 bits per heavy atom. The average molecular weight is 341 g/mol. The molecule has 0 saturated heterocycles. The van der Waals surface area contributed by atoms with Crippen LogP contribution in [0.2, 0.25) is 0 Å². The van der Waals surface area contributed by atoms with E-state index in [1.54, 1.807) is 0 Å². The van der Waals surface area contributed by atoms with Crippen molar-refractivity contribution in [3.05, 3.63) is 83.9 Å². The first kappa shape index (κ1) is 16.6.